The number of rotatable bonds is 10. The Hall–Kier alpha value is -2.62. The molecule has 196 valence electrons. The predicted molar refractivity (Wildman–Crippen MR) is 149 cm³/mol. The van der Waals surface area contributed by atoms with E-state index in [2.05, 4.69) is 10.2 Å². The van der Waals surface area contributed by atoms with Gasteiger partial charge in [0.2, 0.25) is 5.91 Å². The zero-order valence-electron chi connectivity index (χ0n) is 20.4. The van der Waals surface area contributed by atoms with E-state index in [0.29, 0.717) is 55.1 Å². The van der Waals surface area contributed by atoms with Crippen molar-refractivity contribution in [3.05, 3.63) is 86.5 Å². The van der Waals surface area contributed by atoms with Crippen molar-refractivity contribution in [2.75, 3.05) is 51.3 Å². The van der Waals surface area contributed by atoms with Gasteiger partial charge >= 0.3 is 6.03 Å². The van der Waals surface area contributed by atoms with Crippen molar-refractivity contribution in [1.82, 2.24) is 14.7 Å². The molecule has 0 unspecified atom stereocenters. The second-order valence-electron chi connectivity index (χ2n) is 8.75. The van der Waals surface area contributed by atoms with Gasteiger partial charge in [-0.25, -0.2) is 4.79 Å². The third-order valence-corrected chi connectivity index (χ3v) is 7.67. The van der Waals surface area contributed by atoms with Gasteiger partial charge in [-0.3, -0.25) is 9.69 Å². The zero-order chi connectivity index (χ0) is 26.0. The fourth-order valence-corrected chi connectivity index (χ4v) is 5.02. The number of hydrogen-bond donors (Lipinski definition) is 1. The molecule has 3 amide bonds. The Balaban J connectivity index is 1.49. The fourth-order valence-electron chi connectivity index (χ4n) is 4.01. The summed E-state index contributed by atoms with van der Waals surface area (Å²) < 4.78 is 5.44. The highest BCUT2D eigenvalue weighted by Crippen LogP contribution is 2.25. The van der Waals surface area contributed by atoms with Gasteiger partial charge in [0.1, 0.15) is 6.54 Å². The van der Waals surface area contributed by atoms with Gasteiger partial charge in [-0.15, -0.1) is 11.3 Å². The molecule has 0 aliphatic carbocycles. The summed E-state index contributed by atoms with van der Waals surface area (Å²) in [6.45, 7) is 4.88. The lowest BCUT2D eigenvalue weighted by atomic mass is 10.2. The number of hydrogen-bond acceptors (Lipinski definition) is 5. The molecule has 0 saturated carbocycles. The number of amides is 3. The van der Waals surface area contributed by atoms with Crippen LogP contribution in [0.1, 0.15) is 10.4 Å². The number of ether oxygens (including phenoxy) is 1. The van der Waals surface area contributed by atoms with Crippen molar-refractivity contribution in [2.45, 2.75) is 13.1 Å². The van der Waals surface area contributed by atoms with E-state index in [9.17, 15) is 9.59 Å². The molecule has 2 aromatic carbocycles. The van der Waals surface area contributed by atoms with Crippen molar-refractivity contribution in [2.24, 2.45) is 0 Å². The highest BCUT2D eigenvalue weighted by Gasteiger charge is 2.23. The highest BCUT2D eigenvalue weighted by atomic mass is 35.5. The third kappa shape index (κ3) is 8.45. The van der Waals surface area contributed by atoms with E-state index < -0.39 is 0 Å². The van der Waals surface area contributed by atoms with E-state index in [0.717, 1.165) is 23.5 Å². The first-order chi connectivity index (χ1) is 18.0. The summed E-state index contributed by atoms with van der Waals surface area (Å²) >= 11 is 13.8. The smallest absolute Gasteiger partial charge is 0.322 e. The molecular formula is C27H30Cl2N4O3S. The Morgan fingerprint density at radius 2 is 1.73 bits per heavy atom. The number of carbonyl (C=O) groups excluding carboxylic acids is 2. The lowest BCUT2D eigenvalue weighted by Crippen LogP contribution is -2.48. The molecule has 2 heterocycles. The number of halogens is 2. The minimum absolute atomic E-state index is 0.0459. The van der Waals surface area contributed by atoms with Gasteiger partial charge in [0.15, 0.2) is 0 Å². The van der Waals surface area contributed by atoms with Crippen molar-refractivity contribution >= 4 is 52.2 Å². The zero-order valence-corrected chi connectivity index (χ0v) is 22.8. The number of carbonyl (C=O) groups is 2. The number of urea groups is 1. The number of morpholine rings is 1. The van der Waals surface area contributed by atoms with E-state index >= 15 is 0 Å². The quantitative estimate of drug-likeness (QED) is 0.358. The Bertz CT molecular complexity index is 1160. The van der Waals surface area contributed by atoms with Crippen LogP contribution in [-0.4, -0.2) is 72.6 Å². The predicted octanol–water partition coefficient (Wildman–Crippen LogP) is 5.45. The lowest BCUT2D eigenvalue weighted by molar-refractivity contribution is -0.133. The molecule has 1 aliphatic rings. The molecule has 0 spiro atoms. The van der Waals surface area contributed by atoms with Crippen LogP contribution in [0.2, 0.25) is 10.0 Å². The number of nitrogens with zero attached hydrogens (tertiary/aromatic N) is 3. The summed E-state index contributed by atoms with van der Waals surface area (Å²) in [7, 11) is 0. The number of benzene rings is 2. The van der Waals surface area contributed by atoms with E-state index in [1.54, 1.807) is 39.3 Å². The van der Waals surface area contributed by atoms with Crippen LogP contribution in [0.3, 0.4) is 0 Å². The van der Waals surface area contributed by atoms with Crippen LogP contribution < -0.4 is 5.32 Å². The largest absolute Gasteiger partial charge is 0.379 e. The van der Waals surface area contributed by atoms with Crippen LogP contribution in [0.4, 0.5) is 10.5 Å². The van der Waals surface area contributed by atoms with Crippen LogP contribution in [0, 0.1) is 0 Å². The molecule has 3 aromatic rings. The Morgan fingerprint density at radius 3 is 2.43 bits per heavy atom. The van der Waals surface area contributed by atoms with Gasteiger partial charge in [-0.05, 0) is 35.2 Å². The number of anilines is 1. The third-order valence-electron chi connectivity index (χ3n) is 6.07. The second-order valence-corrected chi connectivity index (χ2v) is 10.6. The van der Waals surface area contributed by atoms with Gasteiger partial charge in [0, 0.05) is 43.3 Å². The minimum atomic E-state index is -0.365. The standard InChI is InChI=1S/C27H30Cl2N4O3S/c28-24-9-8-22(17-25(24)29)30-27(35)32(11-10-31-12-14-36-15-13-31)20-26(34)33(19-23-7-4-16-37-23)18-21-5-2-1-3-6-21/h1-9,16-17H,10-15,18-20H2,(H,30,35). The maximum absolute atomic E-state index is 13.6. The minimum Gasteiger partial charge on any atom is -0.379 e. The molecule has 0 bridgehead atoms. The molecule has 0 atom stereocenters. The number of thiophene rings is 1. The molecule has 37 heavy (non-hydrogen) atoms. The lowest BCUT2D eigenvalue weighted by Gasteiger charge is -2.31. The molecule has 4 rings (SSSR count). The van der Waals surface area contributed by atoms with Crippen LogP contribution in [0.15, 0.2) is 66.0 Å². The van der Waals surface area contributed by atoms with Gasteiger partial charge < -0.3 is 19.9 Å². The van der Waals surface area contributed by atoms with Gasteiger partial charge in [0.05, 0.1) is 29.8 Å². The van der Waals surface area contributed by atoms with Gasteiger partial charge in [-0.2, -0.15) is 0 Å². The topological polar surface area (TPSA) is 65.1 Å². The first kappa shape index (κ1) is 27.4. The van der Waals surface area contributed by atoms with Crippen LogP contribution in [0.5, 0.6) is 0 Å². The Labute approximate surface area is 231 Å². The second kappa shape index (κ2) is 13.8. The molecule has 1 fully saturated rings. The van der Waals surface area contributed by atoms with Crippen molar-refractivity contribution < 1.29 is 14.3 Å². The fraction of sp³-hybridized carbons (Fsp3) is 0.333. The molecule has 7 nitrogen and oxygen atoms in total. The van der Waals surface area contributed by atoms with Crippen molar-refractivity contribution in [1.29, 1.82) is 0 Å². The SMILES string of the molecule is O=C(CN(CCN1CCOCC1)C(=O)Nc1ccc(Cl)c(Cl)c1)N(Cc1ccccc1)Cc1cccs1. The normalized spacial score (nSPS) is 13.8. The number of nitrogens with one attached hydrogen (secondary N) is 1. The van der Waals surface area contributed by atoms with Gasteiger partial charge in [0.25, 0.3) is 0 Å². The van der Waals surface area contributed by atoms with E-state index in [4.69, 9.17) is 27.9 Å². The van der Waals surface area contributed by atoms with Crippen molar-refractivity contribution in [3.63, 3.8) is 0 Å². The average Bonchev–Trinajstić information content (AvgIpc) is 3.42. The van der Waals surface area contributed by atoms with Gasteiger partial charge in [-0.1, -0.05) is 59.6 Å². The molecule has 1 N–H and O–H groups in total. The Morgan fingerprint density at radius 1 is 0.946 bits per heavy atom. The summed E-state index contributed by atoms with van der Waals surface area (Å²) in [5.41, 5.74) is 1.55. The van der Waals surface area contributed by atoms with E-state index in [-0.39, 0.29) is 18.5 Å². The summed E-state index contributed by atoms with van der Waals surface area (Å²) in [6.07, 6.45) is 0. The molecular weight excluding hydrogens is 531 g/mol. The Kier molecular flexibility index (Phi) is 10.2. The summed E-state index contributed by atoms with van der Waals surface area (Å²) in [5, 5.41) is 5.62. The average molecular weight is 562 g/mol. The monoisotopic (exact) mass is 560 g/mol. The van der Waals surface area contributed by atoms with Crippen LogP contribution >= 0.6 is 34.5 Å². The van der Waals surface area contributed by atoms with Crippen LogP contribution in [-0.2, 0) is 22.6 Å². The highest BCUT2D eigenvalue weighted by molar-refractivity contribution is 7.09. The molecule has 1 aliphatic heterocycles. The first-order valence-corrected chi connectivity index (χ1v) is 13.8. The summed E-state index contributed by atoms with van der Waals surface area (Å²) in [5.74, 6) is -0.122. The molecule has 0 radical (unpaired) electrons. The molecule has 1 aromatic heterocycles. The summed E-state index contributed by atoms with van der Waals surface area (Å²) in [4.78, 5) is 33.7. The van der Waals surface area contributed by atoms with Crippen LogP contribution in [0.25, 0.3) is 0 Å². The molecule has 10 heteroatoms. The van der Waals surface area contributed by atoms with E-state index in [1.807, 2.05) is 47.8 Å². The summed E-state index contributed by atoms with van der Waals surface area (Å²) in [6, 6.07) is 18.4. The maximum atomic E-state index is 13.6. The molecule has 1 saturated heterocycles. The first-order valence-electron chi connectivity index (χ1n) is 12.1. The maximum Gasteiger partial charge on any atom is 0.322 e. The van der Waals surface area contributed by atoms with Crippen molar-refractivity contribution in [3.8, 4) is 0 Å². The van der Waals surface area contributed by atoms with E-state index in [1.165, 1.54) is 0 Å².